The van der Waals surface area contributed by atoms with Gasteiger partial charge in [0.1, 0.15) is 16.5 Å². The minimum Gasteiger partial charge on any atom is -0.497 e. The van der Waals surface area contributed by atoms with E-state index in [4.69, 9.17) is 16.2 Å². The Morgan fingerprint density at radius 3 is 2.79 bits per heavy atom. The van der Waals surface area contributed by atoms with Gasteiger partial charge < -0.3 is 16.2 Å². The number of anilines is 1. The lowest BCUT2D eigenvalue weighted by molar-refractivity contribution is 0.0995. The molecule has 1 aromatic carbocycles. The average molecular weight is 275 g/mol. The van der Waals surface area contributed by atoms with Crippen molar-refractivity contribution in [3.63, 3.8) is 0 Å². The number of rotatable bonds is 4. The van der Waals surface area contributed by atoms with E-state index in [0.29, 0.717) is 10.7 Å². The first-order valence-corrected chi connectivity index (χ1v) is 6.30. The maximum atomic E-state index is 11.1. The van der Waals surface area contributed by atoms with Gasteiger partial charge in [0.05, 0.1) is 12.8 Å². The molecule has 0 unspecified atom stereocenters. The van der Waals surface area contributed by atoms with Crippen LogP contribution in [0.4, 0.5) is 5.69 Å². The number of hydrogen-bond donors (Lipinski definition) is 2. The fourth-order valence-electron chi connectivity index (χ4n) is 1.45. The minimum absolute atomic E-state index is 0.194. The summed E-state index contributed by atoms with van der Waals surface area (Å²) in [7, 11) is 1.60. The van der Waals surface area contributed by atoms with E-state index < -0.39 is 5.91 Å². The summed E-state index contributed by atoms with van der Waals surface area (Å²) >= 11 is 1.35. The second-order valence-electron chi connectivity index (χ2n) is 3.74. The third kappa shape index (κ3) is 3.17. The Morgan fingerprint density at radius 1 is 1.32 bits per heavy atom. The van der Waals surface area contributed by atoms with Gasteiger partial charge in [-0.25, -0.2) is 4.98 Å². The van der Waals surface area contributed by atoms with E-state index in [0.717, 1.165) is 10.6 Å². The van der Waals surface area contributed by atoms with Gasteiger partial charge in [-0.15, -0.1) is 0 Å². The van der Waals surface area contributed by atoms with Crippen LogP contribution < -0.4 is 16.2 Å². The number of nitrogen functional groups attached to an aromatic ring is 1. The fourth-order valence-corrected chi connectivity index (χ4v) is 2.32. The molecular weight excluding hydrogens is 262 g/mol. The summed E-state index contributed by atoms with van der Waals surface area (Å²) in [5.41, 5.74) is 11.7. The van der Waals surface area contributed by atoms with Crippen LogP contribution in [0.3, 0.4) is 0 Å². The predicted octanol–water partition coefficient (Wildman–Crippen LogP) is 1.92. The summed E-state index contributed by atoms with van der Waals surface area (Å²) < 4.78 is 5.15. The van der Waals surface area contributed by atoms with Crippen LogP contribution in [0.1, 0.15) is 10.5 Å². The molecular formula is C13H13N3O2S. The fraction of sp³-hybridized carbons (Fsp3) is 0.0769. The van der Waals surface area contributed by atoms with Crippen molar-refractivity contribution in [2.45, 2.75) is 9.92 Å². The quantitative estimate of drug-likeness (QED) is 0.889. The molecule has 0 aliphatic carbocycles. The molecule has 2 rings (SSSR count). The van der Waals surface area contributed by atoms with E-state index in [1.807, 2.05) is 24.3 Å². The summed E-state index contributed by atoms with van der Waals surface area (Å²) in [5.74, 6) is 0.169. The maximum absolute atomic E-state index is 11.1. The number of methoxy groups -OCH3 is 1. The SMILES string of the molecule is COc1cccc(Sc2nc(C(N)=O)ccc2N)c1. The normalized spacial score (nSPS) is 10.2. The lowest BCUT2D eigenvalue weighted by Crippen LogP contribution is -2.13. The third-order valence-corrected chi connectivity index (χ3v) is 3.41. The van der Waals surface area contributed by atoms with Crippen LogP contribution in [0.5, 0.6) is 5.75 Å². The first-order chi connectivity index (χ1) is 9.10. The van der Waals surface area contributed by atoms with Gasteiger partial charge in [-0.3, -0.25) is 4.79 Å². The Morgan fingerprint density at radius 2 is 2.11 bits per heavy atom. The number of nitrogens with zero attached hydrogens (tertiary/aromatic N) is 1. The highest BCUT2D eigenvalue weighted by atomic mass is 32.2. The number of hydrogen-bond acceptors (Lipinski definition) is 5. The molecule has 1 aromatic heterocycles. The van der Waals surface area contributed by atoms with Crippen LogP contribution in [0.25, 0.3) is 0 Å². The Kier molecular flexibility index (Phi) is 3.91. The molecule has 4 N–H and O–H groups in total. The van der Waals surface area contributed by atoms with Crippen molar-refractivity contribution in [3.05, 3.63) is 42.1 Å². The molecule has 0 spiro atoms. The average Bonchev–Trinajstić information content (AvgIpc) is 2.41. The van der Waals surface area contributed by atoms with Gasteiger partial charge in [0.15, 0.2) is 0 Å². The van der Waals surface area contributed by atoms with Crippen molar-refractivity contribution in [2.24, 2.45) is 5.73 Å². The highest BCUT2D eigenvalue weighted by Gasteiger charge is 2.09. The highest BCUT2D eigenvalue weighted by Crippen LogP contribution is 2.32. The number of pyridine rings is 1. The molecule has 5 nitrogen and oxygen atoms in total. The Hall–Kier alpha value is -2.21. The van der Waals surface area contributed by atoms with Gasteiger partial charge in [0.2, 0.25) is 0 Å². The molecule has 1 amide bonds. The minimum atomic E-state index is -0.576. The Bertz CT molecular complexity index is 617. The molecule has 98 valence electrons. The second kappa shape index (κ2) is 5.62. The number of benzene rings is 1. The Balaban J connectivity index is 2.31. The van der Waals surface area contributed by atoms with Crippen LogP contribution in [0, 0.1) is 0 Å². The number of primary amides is 1. The topological polar surface area (TPSA) is 91.2 Å². The van der Waals surface area contributed by atoms with Crippen LogP contribution in [0.15, 0.2) is 46.3 Å². The van der Waals surface area contributed by atoms with Crippen LogP contribution in [-0.2, 0) is 0 Å². The van der Waals surface area contributed by atoms with Gasteiger partial charge in [0.25, 0.3) is 5.91 Å². The molecule has 0 fully saturated rings. The molecule has 0 aliphatic rings. The first-order valence-electron chi connectivity index (χ1n) is 5.48. The van der Waals surface area contributed by atoms with Gasteiger partial charge in [-0.05, 0) is 30.3 Å². The molecule has 0 saturated heterocycles. The maximum Gasteiger partial charge on any atom is 0.267 e. The zero-order valence-corrected chi connectivity index (χ0v) is 11.1. The summed E-state index contributed by atoms with van der Waals surface area (Å²) in [6.45, 7) is 0. The number of amides is 1. The van der Waals surface area contributed by atoms with Crippen molar-refractivity contribution in [1.29, 1.82) is 0 Å². The largest absolute Gasteiger partial charge is 0.497 e. The van der Waals surface area contributed by atoms with Crippen molar-refractivity contribution >= 4 is 23.4 Å². The van der Waals surface area contributed by atoms with E-state index in [1.54, 1.807) is 13.2 Å². The monoisotopic (exact) mass is 275 g/mol. The number of carbonyl (C=O) groups excluding carboxylic acids is 1. The summed E-state index contributed by atoms with van der Waals surface area (Å²) in [5, 5.41) is 0.546. The standard InChI is InChI=1S/C13H13N3O2S/c1-18-8-3-2-4-9(7-8)19-13-10(14)5-6-11(16-13)12(15)17/h2-7H,14H2,1H3,(H2,15,17). The highest BCUT2D eigenvalue weighted by molar-refractivity contribution is 7.99. The molecule has 0 radical (unpaired) electrons. The molecule has 2 aromatic rings. The molecule has 1 heterocycles. The van der Waals surface area contributed by atoms with Gasteiger partial charge in [-0.2, -0.15) is 0 Å². The first kappa shape index (κ1) is 13.2. The van der Waals surface area contributed by atoms with E-state index in [1.165, 1.54) is 17.8 Å². The van der Waals surface area contributed by atoms with Crippen LogP contribution in [-0.4, -0.2) is 18.0 Å². The third-order valence-electron chi connectivity index (χ3n) is 2.40. The Labute approximate surface area is 115 Å². The number of ether oxygens (including phenoxy) is 1. The van der Waals surface area contributed by atoms with Crippen molar-refractivity contribution in [2.75, 3.05) is 12.8 Å². The van der Waals surface area contributed by atoms with Crippen LogP contribution in [0.2, 0.25) is 0 Å². The van der Waals surface area contributed by atoms with Crippen LogP contribution >= 0.6 is 11.8 Å². The van der Waals surface area contributed by atoms with Gasteiger partial charge in [-0.1, -0.05) is 17.8 Å². The molecule has 0 aliphatic heterocycles. The molecule has 0 atom stereocenters. The predicted molar refractivity (Wildman–Crippen MR) is 74.3 cm³/mol. The van der Waals surface area contributed by atoms with Gasteiger partial charge >= 0.3 is 0 Å². The van der Waals surface area contributed by atoms with E-state index >= 15 is 0 Å². The van der Waals surface area contributed by atoms with E-state index in [9.17, 15) is 4.79 Å². The molecule has 6 heteroatoms. The van der Waals surface area contributed by atoms with Gasteiger partial charge in [0, 0.05) is 4.90 Å². The van der Waals surface area contributed by atoms with Crippen molar-refractivity contribution < 1.29 is 9.53 Å². The smallest absolute Gasteiger partial charge is 0.267 e. The summed E-state index contributed by atoms with van der Waals surface area (Å²) in [4.78, 5) is 16.2. The van der Waals surface area contributed by atoms with E-state index in [2.05, 4.69) is 4.98 Å². The lowest BCUT2D eigenvalue weighted by atomic mass is 10.3. The molecule has 19 heavy (non-hydrogen) atoms. The van der Waals surface area contributed by atoms with Crippen molar-refractivity contribution in [3.8, 4) is 5.75 Å². The zero-order valence-electron chi connectivity index (χ0n) is 10.3. The molecule has 0 bridgehead atoms. The lowest BCUT2D eigenvalue weighted by Gasteiger charge is -2.07. The summed E-state index contributed by atoms with van der Waals surface area (Å²) in [6, 6.07) is 10.6. The second-order valence-corrected chi connectivity index (χ2v) is 4.80. The number of aromatic nitrogens is 1. The molecule has 0 saturated carbocycles. The number of nitrogens with two attached hydrogens (primary N) is 2. The summed E-state index contributed by atoms with van der Waals surface area (Å²) in [6.07, 6.45) is 0. The van der Waals surface area contributed by atoms with E-state index in [-0.39, 0.29) is 5.69 Å². The number of carbonyl (C=O) groups is 1. The zero-order chi connectivity index (χ0) is 13.8. The van der Waals surface area contributed by atoms with Crippen molar-refractivity contribution in [1.82, 2.24) is 4.98 Å².